The van der Waals surface area contributed by atoms with Gasteiger partial charge in [-0.15, -0.1) is 0 Å². The largest absolute Gasteiger partial charge is 0.487 e. The molecule has 0 unspecified atom stereocenters. The predicted octanol–water partition coefficient (Wildman–Crippen LogP) is 6.34. The lowest BCUT2D eigenvalue weighted by Gasteiger charge is -2.24. The van der Waals surface area contributed by atoms with Gasteiger partial charge in [0.25, 0.3) is 5.88 Å². The van der Waals surface area contributed by atoms with Crippen molar-refractivity contribution in [2.24, 2.45) is 0 Å². The van der Waals surface area contributed by atoms with Crippen LogP contribution >= 0.6 is 0 Å². The van der Waals surface area contributed by atoms with Gasteiger partial charge in [-0.1, -0.05) is 30.3 Å². The Balaban J connectivity index is 1.50. The summed E-state index contributed by atoms with van der Waals surface area (Å²) < 4.78 is 58.1. The number of nitrogens with zero attached hydrogens (tertiary/aromatic N) is 3. The monoisotopic (exact) mass is 519 g/mol. The highest BCUT2D eigenvalue weighted by Gasteiger charge is 2.31. The number of hydrogen-bond acceptors (Lipinski definition) is 6. The summed E-state index contributed by atoms with van der Waals surface area (Å²) in [5, 5.41) is 9.66. The zero-order valence-corrected chi connectivity index (χ0v) is 20.1. The van der Waals surface area contributed by atoms with E-state index in [0.29, 0.717) is 31.0 Å². The minimum Gasteiger partial charge on any atom is -0.487 e. The van der Waals surface area contributed by atoms with E-state index in [1.165, 1.54) is 30.3 Å². The number of nitriles is 1. The van der Waals surface area contributed by atoms with Crippen molar-refractivity contribution in [3.05, 3.63) is 93.9 Å². The van der Waals surface area contributed by atoms with Crippen LogP contribution in [0.1, 0.15) is 23.6 Å². The van der Waals surface area contributed by atoms with Gasteiger partial charge >= 0.3 is 11.9 Å². The predicted molar refractivity (Wildman–Crippen MR) is 132 cm³/mol. The lowest BCUT2D eigenvalue weighted by atomic mass is 9.97. The molecule has 0 saturated carbocycles. The fraction of sp³-hybridized carbons (Fsp3) is 0.179. The van der Waals surface area contributed by atoms with Gasteiger partial charge in [-0.2, -0.15) is 23.4 Å². The van der Waals surface area contributed by atoms with E-state index in [4.69, 9.17) is 14.2 Å². The summed E-state index contributed by atoms with van der Waals surface area (Å²) in [6.07, 6.45) is -3.86. The first-order chi connectivity index (χ1) is 18.3. The third-order valence-corrected chi connectivity index (χ3v) is 5.95. The summed E-state index contributed by atoms with van der Waals surface area (Å²) in [7, 11) is 0. The molecule has 10 heteroatoms. The number of fused-ring (bicyclic) bond motifs is 3. The highest BCUT2D eigenvalue weighted by molar-refractivity contribution is 5.73. The van der Waals surface area contributed by atoms with Gasteiger partial charge in [0.15, 0.2) is 0 Å². The number of hydrogen-bond donors (Lipinski definition) is 0. The zero-order chi connectivity index (χ0) is 26.9. The average Bonchev–Trinajstić information content (AvgIpc) is 2.91. The molecule has 5 rings (SSSR count). The van der Waals surface area contributed by atoms with Crippen LogP contribution in [0.15, 0.2) is 71.5 Å². The van der Waals surface area contributed by atoms with E-state index in [2.05, 4.69) is 4.98 Å². The maximum Gasteiger partial charge on any atom is 0.416 e. The van der Waals surface area contributed by atoms with Crippen molar-refractivity contribution in [2.75, 3.05) is 6.61 Å². The van der Waals surface area contributed by atoms with Crippen LogP contribution in [0.4, 0.5) is 13.2 Å². The molecule has 0 N–H and O–H groups in total. The SMILES string of the molecule is CCOc1c(Oc2ccc(Oc3cccc(C(F)(F)F)c3)c(C#N)c2)nc(=O)n2c1-c1ccccc1CC2. The van der Waals surface area contributed by atoms with Crippen molar-refractivity contribution in [1.29, 1.82) is 5.26 Å². The molecule has 0 fully saturated rings. The molecule has 1 aromatic heterocycles. The van der Waals surface area contributed by atoms with Crippen LogP contribution in [0.2, 0.25) is 0 Å². The number of halogens is 3. The van der Waals surface area contributed by atoms with Gasteiger partial charge in [0.2, 0.25) is 5.75 Å². The minimum atomic E-state index is -4.53. The number of benzene rings is 3. The van der Waals surface area contributed by atoms with E-state index in [0.717, 1.165) is 23.3 Å². The summed E-state index contributed by atoms with van der Waals surface area (Å²) >= 11 is 0. The molecule has 3 aromatic carbocycles. The fourth-order valence-corrected chi connectivity index (χ4v) is 4.26. The first kappa shape index (κ1) is 24.9. The average molecular weight is 519 g/mol. The molecule has 192 valence electrons. The number of alkyl halides is 3. The lowest BCUT2D eigenvalue weighted by Crippen LogP contribution is -2.29. The van der Waals surface area contributed by atoms with Crippen LogP contribution in [-0.2, 0) is 19.1 Å². The Bertz CT molecular complexity index is 1620. The minimum absolute atomic E-state index is 0.0119. The normalized spacial score (nSPS) is 12.2. The molecule has 1 aliphatic heterocycles. The van der Waals surface area contributed by atoms with Gasteiger partial charge in [-0.25, -0.2) is 4.79 Å². The molecule has 4 aromatic rings. The standard InChI is InChI=1S/C28H20F3N3O4/c1-2-36-25-24-22-9-4-3-6-17(22)12-13-34(24)27(35)33-26(25)38-21-10-11-23(18(14-21)16-32)37-20-8-5-7-19(15-20)28(29,30)31/h3-11,14-15H,2,12-13H2,1H3. The number of rotatable bonds is 6. The highest BCUT2D eigenvalue weighted by Crippen LogP contribution is 2.42. The molecule has 7 nitrogen and oxygen atoms in total. The van der Waals surface area contributed by atoms with Crippen LogP contribution < -0.4 is 19.9 Å². The smallest absolute Gasteiger partial charge is 0.416 e. The second-order valence-electron chi connectivity index (χ2n) is 8.37. The van der Waals surface area contributed by atoms with Gasteiger partial charge < -0.3 is 14.2 Å². The van der Waals surface area contributed by atoms with Crippen LogP contribution in [-0.4, -0.2) is 16.2 Å². The van der Waals surface area contributed by atoms with Gasteiger partial charge in [-0.05, 0) is 49.2 Å². The van der Waals surface area contributed by atoms with E-state index in [1.54, 1.807) is 11.5 Å². The second-order valence-corrected chi connectivity index (χ2v) is 8.37. The van der Waals surface area contributed by atoms with Crippen LogP contribution in [0.5, 0.6) is 28.9 Å². The molecule has 0 atom stereocenters. The summed E-state index contributed by atoms with van der Waals surface area (Å²) in [5.74, 6) is 0.361. The van der Waals surface area contributed by atoms with Crippen molar-refractivity contribution in [1.82, 2.24) is 9.55 Å². The van der Waals surface area contributed by atoms with Crippen molar-refractivity contribution in [2.45, 2.75) is 26.1 Å². The van der Waals surface area contributed by atoms with Crippen molar-refractivity contribution in [3.8, 4) is 46.2 Å². The molecule has 0 bridgehead atoms. The Morgan fingerprint density at radius 1 is 1.03 bits per heavy atom. The van der Waals surface area contributed by atoms with Gasteiger partial charge in [-0.3, -0.25) is 4.57 Å². The first-order valence-electron chi connectivity index (χ1n) is 11.7. The molecular formula is C28H20F3N3O4. The summed E-state index contributed by atoms with van der Waals surface area (Å²) in [6, 6.07) is 18.2. The van der Waals surface area contributed by atoms with E-state index < -0.39 is 17.4 Å². The van der Waals surface area contributed by atoms with E-state index >= 15 is 0 Å². The summed E-state index contributed by atoms with van der Waals surface area (Å²) in [6.45, 7) is 2.53. The zero-order valence-electron chi connectivity index (χ0n) is 20.1. The van der Waals surface area contributed by atoms with Crippen molar-refractivity contribution in [3.63, 3.8) is 0 Å². The summed E-state index contributed by atoms with van der Waals surface area (Å²) in [4.78, 5) is 17.0. The summed E-state index contributed by atoms with van der Waals surface area (Å²) in [5.41, 5.74) is 1.11. The highest BCUT2D eigenvalue weighted by atomic mass is 19.4. The Hall–Kier alpha value is -4.78. The molecule has 0 saturated heterocycles. The topological polar surface area (TPSA) is 86.4 Å². The third kappa shape index (κ3) is 4.78. The van der Waals surface area contributed by atoms with Crippen LogP contribution in [0.25, 0.3) is 11.3 Å². The Kier molecular flexibility index (Phi) is 6.51. The number of aromatic nitrogens is 2. The van der Waals surface area contributed by atoms with Crippen LogP contribution in [0.3, 0.4) is 0 Å². The molecule has 0 spiro atoms. The molecule has 0 aliphatic carbocycles. The van der Waals surface area contributed by atoms with Crippen molar-refractivity contribution >= 4 is 0 Å². The van der Waals surface area contributed by atoms with E-state index in [1.807, 2.05) is 30.3 Å². The Morgan fingerprint density at radius 2 is 1.82 bits per heavy atom. The third-order valence-electron chi connectivity index (χ3n) is 5.95. The molecule has 1 aliphatic rings. The fourth-order valence-electron chi connectivity index (χ4n) is 4.26. The Labute approximate surface area is 215 Å². The van der Waals surface area contributed by atoms with E-state index in [9.17, 15) is 23.2 Å². The Morgan fingerprint density at radius 3 is 2.58 bits per heavy atom. The maximum absolute atomic E-state index is 13.1. The molecular weight excluding hydrogens is 499 g/mol. The number of aryl methyl sites for hydroxylation is 1. The molecule has 0 amide bonds. The van der Waals surface area contributed by atoms with Crippen LogP contribution in [0, 0.1) is 11.3 Å². The van der Waals surface area contributed by atoms with Gasteiger partial charge in [0, 0.05) is 18.2 Å². The quantitative estimate of drug-likeness (QED) is 0.296. The van der Waals surface area contributed by atoms with Crippen molar-refractivity contribution < 1.29 is 27.4 Å². The maximum atomic E-state index is 13.1. The second kappa shape index (κ2) is 9.94. The first-order valence-corrected chi connectivity index (χ1v) is 11.7. The number of ether oxygens (including phenoxy) is 3. The van der Waals surface area contributed by atoms with Gasteiger partial charge in [0.1, 0.15) is 29.0 Å². The lowest BCUT2D eigenvalue weighted by molar-refractivity contribution is -0.137. The van der Waals surface area contributed by atoms with Gasteiger partial charge in [0.05, 0.1) is 17.7 Å². The van der Waals surface area contributed by atoms with E-state index in [-0.39, 0.29) is 28.7 Å². The molecule has 38 heavy (non-hydrogen) atoms. The molecule has 2 heterocycles. The molecule has 0 radical (unpaired) electrons.